The Labute approximate surface area is 95.2 Å². The Morgan fingerprint density at radius 1 is 1.38 bits per heavy atom. The van der Waals surface area contributed by atoms with E-state index in [1.807, 2.05) is 0 Å². The largest absolute Gasteiger partial charge is 0.385 e. The minimum Gasteiger partial charge on any atom is -0.385 e. The van der Waals surface area contributed by atoms with E-state index in [1.165, 1.54) is 28.8 Å². The van der Waals surface area contributed by atoms with E-state index in [2.05, 4.69) is 4.98 Å². The number of halogens is 1. The highest BCUT2D eigenvalue weighted by Gasteiger charge is 2.03. The van der Waals surface area contributed by atoms with E-state index in [4.69, 9.17) is 18.0 Å². The summed E-state index contributed by atoms with van der Waals surface area (Å²) in [7, 11) is 0. The van der Waals surface area contributed by atoms with E-state index < -0.39 is 5.82 Å². The second kappa shape index (κ2) is 3.90. The van der Waals surface area contributed by atoms with Crippen LogP contribution in [-0.4, -0.2) is 9.55 Å². The molecule has 2 rings (SSSR count). The molecule has 0 fully saturated rings. The van der Waals surface area contributed by atoms with E-state index in [0.29, 0.717) is 5.69 Å². The summed E-state index contributed by atoms with van der Waals surface area (Å²) in [6, 6.07) is 6.98. The summed E-state index contributed by atoms with van der Waals surface area (Å²) in [4.78, 5) is 13.5. The van der Waals surface area contributed by atoms with Crippen LogP contribution in [0.4, 0.5) is 10.2 Å². The zero-order valence-corrected chi connectivity index (χ0v) is 8.92. The fraction of sp³-hybridized carbons (Fsp3) is 0. The van der Waals surface area contributed by atoms with Crippen molar-refractivity contribution in [3.8, 4) is 5.69 Å². The SMILES string of the molecule is Nc1cc(=O)[nH]c(=S)n1-c1cccc(F)c1. The Morgan fingerprint density at radius 2 is 2.12 bits per heavy atom. The average Bonchev–Trinajstić information content (AvgIpc) is 2.15. The van der Waals surface area contributed by atoms with E-state index in [1.54, 1.807) is 6.07 Å². The first kappa shape index (κ1) is 10.6. The van der Waals surface area contributed by atoms with Crippen molar-refractivity contribution in [1.82, 2.24) is 9.55 Å². The Balaban J connectivity index is 2.74. The molecule has 6 heteroatoms. The number of rotatable bonds is 1. The number of anilines is 1. The van der Waals surface area contributed by atoms with Crippen LogP contribution in [0, 0.1) is 10.6 Å². The number of nitrogens with two attached hydrogens (primary N) is 1. The van der Waals surface area contributed by atoms with Gasteiger partial charge in [0.15, 0.2) is 4.77 Å². The first-order valence-corrected chi connectivity index (χ1v) is 4.86. The maximum Gasteiger partial charge on any atom is 0.253 e. The van der Waals surface area contributed by atoms with E-state index in [0.717, 1.165) is 0 Å². The number of H-pyrrole nitrogens is 1. The molecule has 1 aromatic heterocycles. The molecule has 0 saturated heterocycles. The van der Waals surface area contributed by atoms with Gasteiger partial charge in [0.2, 0.25) is 0 Å². The molecule has 0 spiro atoms. The number of hydrogen-bond donors (Lipinski definition) is 2. The number of nitrogen functional groups attached to an aromatic ring is 1. The summed E-state index contributed by atoms with van der Waals surface area (Å²) in [6.45, 7) is 0. The van der Waals surface area contributed by atoms with Crippen molar-refractivity contribution >= 4 is 18.0 Å². The molecule has 1 heterocycles. The van der Waals surface area contributed by atoms with Gasteiger partial charge in [-0.2, -0.15) is 0 Å². The molecule has 0 radical (unpaired) electrons. The van der Waals surface area contributed by atoms with Gasteiger partial charge in [-0.3, -0.25) is 14.3 Å². The molecule has 0 aliphatic carbocycles. The molecular formula is C10H8FN3OS. The standard InChI is InChI=1S/C10H8FN3OS/c11-6-2-1-3-7(4-6)14-8(12)5-9(15)13-10(14)16/h1-5H,12H2,(H,13,15,16). The Bertz CT molecular complexity index is 647. The summed E-state index contributed by atoms with van der Waals surface area (Å²) >= 11 is 4.96. The summed E-state index contributed by atoms with van der Waals surface area (Å²) < 4.78 is 14.6. The van der Waals surface area contributed by atoms with E-state index >= 15 is 0 Å². The highest BCUT2D eigenvalue weighted by Crippen LogP contribution is 2.13. The first-order valence-electron chi connectivity index (χ1n) is 4.46. The highest BCUT2D eigenvalue weighted by atomic mass is 32.1. The summed E-state index contributed by atoms with van der Waals surface area (Å²) in [5.41, 5.74) is 5.75. The van der Waals surface area contributed by atoms with Crippen molar-refractivity contribution < 1.29 is 4.39 Å². The third-order valence-electron chi connectivity index (χ3n) is 2.04. The molecule has 0 saturated carbocycles. The van der Waals surface area contributed by atoms with Gasteiger partial charge < -0.3 is 5.73 Å². The second-order valence-electron chi connectivity index (χ2n) is 3.18. The van der Waals surface area contributed by atoms with Crippen molar-refractivity contribution in [3.05, 3.63) is 51.3 Å². The number of nitrogens with one attached hydrogen (secondary N) is 1. The maximum absolute atomic E-state index is 13.0. The molecule has 4 nitrogen and oxygen atoms in total. The topological polar surface area (TPSA) is 63.8 Å². The predicted molar refractivity (Wildman–Crippen MR) is 61.6 cm³/mol. The van der Waals surface area contributed by atoms with Gasteiger partial charge in [-0.1, -0.05) is 6.07 Å². The van der Waals surface area contributed by atoms with Gasteiger partial charge in [-0.15, -0.1) is 0 Å². The number of nitrogens with zero attached hydrogens (tertiary/aromatic N) is 1. The summed E-state index contributed by atoms with van der Waals surface area (Å²) in [5.74, 6) is -0.232. The molecular weight excluding hydrogens is 229 g/mol. The van der Waals surface area contributed by atoms with Gasteiger partial charge in [0.05, 0.1) is 5.69 Å². The molecule has 0 aliphatic rings. The van der Waals surface area contributed by atoms with Gasteiger partial charge in [-0.25, -0.2) is 4.39 Å². The van der Waals surface area contributed by atoms with Crippen molar-refractivity contribution in [2.24, 2.45) is 0 Å². The monoisotopic (exact) mass is 237 g/mol. The quantitative estimate of drug-likeness (QED) is 0.741. The van der Waals surface area contributed by atoms with E-state index in [9.17, 15) is 9.18 Å². The van der Waals surface area contributed by atoms with Crippen molar-refractivity contribution in [2.45, 2.75) is 0 Å². The normalized spacial score (nSPS) is 10.3. The highest BCUT2D eigenvalue weighted by molar-refractivity contribution is 7.71. The van der Waals surface area contributed by atoms with Crippen molar-refractivity contribution in [3.63, 3.8) is 0 Å². The minimum absolute atomic E-state index is 0.135. The Hall–Kier alpha value is -1.95. The molecule has 1 aromatic carbocycles. The number of hydrogen-bond acceptors (Lipinski definition) is 3. The van der Waals surface area contributed by atoms with Crippen LogP contribution in [0.2, 0.25) is 0 Å². The molecule has 16 heavy (non-hydrogen) atoms. The lowest BCUT2D eigenvalue weighted by molar-refractivity contribution is 0.626. The minimum atomic E-state index is -0.398. The fourth-order valence-electron chi connectivity index (χ4n) is 1.40. The third kappa shape index (κ3) is 1.87. The fourth-order valence-corrected chi connectivity index (χ4v) is 1.71. The van der Waals surface area contributed by atoms with Crippen LogP contribution in [0.25, 0.3) is 5.69 Å². The lowest BCUT2D eigenvalue weighted by atomic mass is 10.3. The maximum atomic E-state index is 13.0. The van der Waals surface area contributed by atoms with Gasteiger partial charge in [-0.05, 0) is 30.4 Å². The molecule has 0 atom stereocenters. The van der Waals surface area contributed by atoms with Gasteiger partial charge in [0, 0.05) is 6.07 Å². The van der Waals surface area contributed by atoms with Crippen molar-refractivity contribution in [1.29, 1.82) is 0 Å². The van der Waals surface area contributed by atoms with Crippen LogP contribution < -0.4 is 11.3 Å². The average molecular weight is 237 g/mol. The molecule has 0 bridgehead atoms. The molecule has 0 amide bonds. The molecule has 2 aromatic rings. The smallest absolute Gasteiger partial charge is 0.253 e. The van der Waals surface area contributed by atoms with Crippen molar-refractivity contribution in [2.75, 3.05) is 5.73 Å². The molecule has 82 valence electrons. The summed E-state index contributed by atoms with van der Waals surface area (Å²) in [5, 5.41) is 0. The predicted octanol–water partition coefficient (Wildman–Crippen LogP) is 1.62. The van der Waals surface area contributed by atoms with Gasteiger partial charge in [0.25, 0.3) is 5.56 Å². The zero-order chi connectivity index (χ0) is 11.7. The van der Waals surface area contributed by atoms with E-state index in [-0.39, 0.29) is 16.1 Å². The van der Waals surface area contributed by atoms with Crippen LogP contribution in [0.15, 0.2) is 35.1 Å². The lowest BCUT2D eigenvalue weighted by Gasteiger charge is -2.09. The number of benzene rings is 1. The first-order chi connectivity index (χ1) is 7.58. The summed E-state index contributed by atoms with van der Waals surface area (Å²) in [6.07, 6.45) is 0. The second-order valence-corrected chi connectivity index (χ2v) is 3.57. The molecule has 0 unspecified atom stereocenters. The molecule has 0 aliphatic heterocycles. The Morgan fingerprint density at radius 3 is 2.75 bits per heavy atom. The van der Waals surface area contributed by atoms with Gasteiger partial charge in [0.1, 0.15) is 11.6 Å². The third-order valence-corrected chi connectivity index (χ3v) is 2.32. The lowest BCUT2D eigenvalue weighted by Crippen LogP contribution is -2.15. The number of aromatic amines is 1. The van der Waals surface area contributed by atoms with Crippen LogP contribution >= 0.6 is 12.2 Å². The van der Waals surface area contributed by atoms with Crippen LogP contribution in [0.3, 0.4) is 0 Å². The Kier molecular flexibility index (Phi) is 2.57. The molecule has 3 N–H and O–H groups in total. The number of aromatic nitrogens is 2. The van der Waals surface area contributed by atoms with Crippen LogP contribution in [-0.2, 0) is 0 Å². The van der Waals surface area contributed by atoms with Crippen LogP contribution in [0.5, 0.6) is 0 Å². The zero-order valence-electron chi connectivity index (χ0n) is 8.11. The van der Waals surface area contributed by atoms with Gasteiger partial charge >= 0.3 is 0 Å². The van der Waals surface area contributed by atoms with Crippen LogP contribution in [0.1, 0.15) is 0 Å².